The zero-order valence-corrected chi connectivity index (χ0v) is 15.4. The molecule has 0 fully saturated rings. The van der Waals surface area contributed by atoms with E-state index in [2.05, 4.69) is 15.3 Å². The average Bonchev–Trinajstić information content (AvgIpc) is 3.15. The lowest BCUT2D eigenvalue weighted by Gasteiger charge is -2.11. The summed E-state index contributed by atoms with van der Waals surface area (Å²) in [7, 11) is 0. The molecule has 1 aromatic carbocycles. The molecule has 1 amide bonds. The first kappa shape index (κ1) is 17.4. The Bertz CT molecular complexity index is 893. The number of carbonyl (C=O) groups is 2. The van der Waals surface area contributed by atoms with Crippen LogP contribution in [0.2, 0.25) is 0 Å². The number of Topliss-reactive ketones (excluding diaryl/α,β-unsaturated/α-hetero) is 1. The fraction of sp³-hybridized carbons (Fsp3) is 0.316. The van der Waals surface area contributed by atoms with Crippen molar-refractivity contribution >= 4 is 34.1 Å². The molecule has 0 spiro atoms. The first-order valence-electron chi connectivity index (χ1n) is 8.28. The van der Waals surface area contributed by atoms with Gasteiger partial charge in [-0.2, -0.15) is 0 Å². The number of aromatic nitrogens is 2. The van der Waals surface area contributed by atoms with E-state index in [9.17, 15) is 9.59 Å². The number of hydrogen-bond donors (Lipinski definition) is 2. The van der Waals surface area contributed by atoms with Crippen molar-refractivity contribution in [3.63, 3.8) is 0 Å². The molecule has 0 bridgehead atoms. The Morgan fingerprint density at radius 3 is 2.68 bits per heavy atom. The van der Waals surface area contributed by atoms with Crippen molar-refractivity contribution in [1.29, 1.82) is 0 Å². The zero-order valence-electron chi connectivity index (χ0n) is 14.6. The zero-order chi connectivity index (χ0) is 18.0. The first-order chi connectivity index (χ1) is 11.9. The number of hydrogen-bond acceptors (Lipinski definition) is 4. The SMILES string of the molecule is Cc1cc(C(=O)CCC(=O)N[C@H](C)c2nc3ccccc3[nH]2)c(C)s1. The van der Waals surface area contributed by atoms with E-state index in [1.807, 2.05) is 51.1 Å². The smallest absolute Gasteiger partial charge is 0.221 e. The highest BCUT2D eigenvalue weighted by Gasteiger charge is 2.16. The third kappa shape index (κ3) is 3.96. The largest absolute Gasteiger partial charge is 0.346 e. The molecule has 0 saturated heterocycles. The molecular formula is C19H21N3O2S. The molecule has 0 aliphatic heterocycles. The molecule has 25 heavy (non-hydrogen) atoms. The molecule has 0 unspecified atom stereocenters. The monoisotopic (exact) mass is 355 g/mol. The number of aromatic amines is 1. The highest BCUT2D eigenvalue weighted by molar-refractivity contribution is 7.12. The molecule has 3 rings (SSSR count). The van der Waals surface area contributed by atoms with Gasteiger partial charge in [-0.05, 0) is 39.0 Å². The third-order valence-corrected chi connectivity index (χ3v) is 5.08. The van der Waals surface area contributed by atoms with Crippen LogP contribution in [0.5, 0.6) is 0 Å². The summed E-state index contributed by atoms with van der Waals surface area (Å²) in [5.41, 5.74) is 2.55. The Balaban J connectivity index is 1.56. The van der Waals surface area contributed by atoms with Gasteiger partial charge in [0.1, 0.15) is 5.82 Å². The van der Waals surface area contributed by atoms with E-state index < -0.39 is 0 Å². The number of nitrogens with zero attached hydrogens (tertiary/aromatic N) is 1. The number of amides is 1. The van der Waals surface area contributed by atoms with Crippen LogP contribution in [0, 0.1) is 13.8 Å². The topological polar surface area (TPSA) is 74.8 Å². The van der Waals surface area contributed by atoms with Crippen LogP contribution in [0.15, 0.2) is 30.3 Å². The van der Waals surface area contributed by atoms with Crippen molar-refractivity contribution < 1.29 is 9.59 Å². The maximum atomic E-state index is 12.3. The molecule has 0 saturated carbocycles. The lowest BCUT2D eigenvalue weighted by atomic mass is 10.1. The molecule has 0 radical (unpaired) electrons. The summed E-state index contributed by atoms with van der Waals surface area (Å²) in [5, 5.41) is 2.90. The van der Waals surface area contributed by atoms with Crippen LogP contribution >= 0.6 is 11.3 Å². The van der Waals surface area contributed by atoms with Crippen molar-refractivity contribution in [2.75, 3.05) is 0 Å². The quantitative estimate of drug-likeness (QED) is 0.654. The lowest BCUT2D eigenvalue weighted by molar-refractivity contribution is -0.121. The van der Waals surface area contributed by atoms with E-state index in [-0.39, 0.29) is 30.6 Å². The van der Waals surface area contributed by atoms with E-state index in [1.54, 1.807) is 11.3 Å². The van der Waals surface area contributed by atoms with Crippen LogP contribution in [0.25, 0.3) is 11.0 Å². The van der Waals surface area contributed by atoms with E-state index in [0.29, 0.717) is 5.82 Å². The lowest BCUT2D eigenvalue weighted by Crippen LogP contribution is -2.27. The maximum Gasteiger partial charge on any atom is 0.221 e. The summed E-state index contributed by atoms with van der Waals surface area (Å²) >= 11 is 1.61. The van der Waals surface area contributed by atoms with Crippen LogP contribution in [-0.2, 0) is 4.79 Å². The second-order valence-corrected chi connectivity index (χ2v) is 7.64. The molecule has 2 aromatic heterocycles. The van der Waals surface area contributed by atoms with Gasteiger partial charge in [-0.3, -0.25) is 9.59 Å². The standard InChI is InChI=1S/C19H21N3O2S/c1-11-10-14(13(3)25-11)17(23)8-9-18(24)20-12(2)19-21-15-6-4-5-7-16(15)22-19/h4-7,10,12H,8-9H2,1-3H3,(H,20,24)(H,21,22)/t12-/m1/s1. The minimum absolute atomic E-state index is 0.0217. The van der Waals surface area contributed by atoms with Crippen molar-refractivity contribution in [2.45, 2.75) is 39.7 Å². The van der Waals surface area contributed by atoms with Gasteiger partial charge in [-0.1, -0.05) is 12.1 Å². The van der Waals surface area contributed by atoms with E-state index >= 15 is 0 Å². The highest BCUT2D eigenvalue weighted by atomic mass is 32.1. The fourth-order valence-corrected chi connectivity index (χ4v) is 3.77. The van der Waals surface area contributed by atoms with Gasteiger partial charge in [0.2, 0.25) is 5.91 Å². The normalized spacial score (nSPS) is 12.3. The number of carbonyl (C=O) groups excluding carboxylic acids is 2. The minimum Gasteiger partial charge on any atom is -0.346 e. The number of ketones is 1. The van der Waals surface area contributed by atoms with E-state index in [0.717, 1.165) is 26.4 Å². The van der Waals surface area contributed by atoms with Crippen LogP contribution in [0.4, 0.5) is 0 Å². The van der Waals surface area contributed by atoms with Gasteiger partial charge in [-0.25, -0.2) is 4.98 Å². The molecule has 2 heterocycles. The van der Waals surface area contributed by atoms with Crippen LogP contribution in [0.3, 0.4) is 0 Å². The van der Waals surface area contributed by atoms with Gasteiger partial charge in [0.15, 0.2) is 5.78 Å². The fourth-order valence-electron chi connectivity index (χ4n) is 2.83. The predicted octanol–water partition coefficient (Wildman–Crippen LogP) is 4.08. The number of rotatable bonds is 6. The Kier molecular flexibility index (Phi) is 4.99. The second-order valence-electron chi connectivity index (χ2n) is 6.18. The number of H-pyrrole nitrogens is 1. The molecule has 2 N–H and O–H groups in total. The maximum absolute atomic E-state index is 12.3. The summed E-state index contributed by atoms with van der Waals surface area (Å²) in [6, 6.07) is 9.40. The van der Waals surface area contributed by atoms with Crippen LogP contribution in [-0.4, -0.2) is 21.7 Å². The number of para-hydroxylation sites is 2. The van der Waals surface area contributed by atoms with E-state index in [1.165, 1.54) is 0 Å². The van der Waals surface area contributed by atoms with Crippen molar-refractivity contribution in [3.8, 4) is 0 Å². The first-order valence-corrected chi connectivity index (χ1v) is 9.10. The Morgan fingerprint density at radius 2 is 2.00 bits per heavy atom. The molecule has 0 aliphatic carbocycles. The number of imidazole rings is 1. The van der Waals surface area contributed by atoms with Gasteiger partial charge >= 0.3 is 0 Å². The number of benzene rings is 1. The highest BCUT2D eigenvalue weighted by Crippen LogP contribution is 2.22. The van der Waals surface area contributed by atoms with Crippen molar-refractivity contribution in [3.05, 3.63) is 51.5 Å². The predicted molar refractivity (Wildman–Crippen MR) is 100 cm³/mol. The number of nitrogens with one attached hydrogen (secondary N) is 2. The molecule has 1 atom stereocenters. The van der Waals surface area contributed by atoms with Gasteiger partial charge in [0.25, 0.3) is 0 Å². The van der Waals surface area contributed by atoms with Crippen LogP contribution in [0.1, 0.15) is 51.7 Å². The summed E-state index contributed by atoms with van der Waals surface area (Å²) in [6.45, 7) is 5.80. The van der Waals surface area contributed by atoms with Gasteiger partial charge in [-0.15, -0.1) is 11.3 Å². The van der Waals surface area contributed by atoms with E-state index in [4.69, 9.17) is 0 Å². The number of fused-ring (bicyclic) bond motifs is 1. The van der Waals surface area contributed by atoms with Crippen LogP contribution < -0.4 is 5.32 Å². The summed E-state index contributed by atoms with van der Waals surface area (Å²) in [4.78, 5) is 34.3. The van der Waals surface area contributed by atoms with Gasteiger partial charge in [0, 0.05) is 28.2 Å². The van der Waals surface area contributed by atoms with Crippen molar-refractivity contribution in [1.82, 2.24) is 15.3 Å². The molecule has 5 nitrogen and oxygen atoms in total. The average molecular weight is 355 g/mol. The molecule has 6 heteroatoms. The number of aryl methyl sites for hydroxylation is 2. The van der Waals surface area contributed by atoms with Crippen molar-refractivity contribution in [2.24, 2.45) is 0 Å². The van der Waals surface area contributed by atoms with Gasteiger partial charge < -0.3 is 10.3 Å². The Hall–Kier alpha value is -2.47. The summed E-state index contributed by atoms with van der Waals surface area (Å²) < 4.78 is 0. The summed E-state index contributed by atoms with van der Waals surface area (Å²) in [6.07, 6.45) is 0.396. The molecular weight excluding hydrogens is 334 g/mol. The second kappa shape index (κ2) is 7.19. The molecule has 0 aliphatic rings. The van der Waals surface area contributed by atoms with Gasteiger partial charge in [0.05, 0.1) is 17.1 Å². The Labute approximate surface area is 150 Å². The summed E-state index contributed by atoms with van der Waals surface area (Å²) in [5.74, 6) is 0.587. The molecule has 130 valence electrons. The third-order valence-electron chi connectivity index (χ3n) is 4.12. The minimum atomic E-state index is -0.236. The number of thiophene rings is 1. The Morgan fingerprint density at radius 1 is 1.24 bits per heavy atom. The molecule has 3 aromatic rings.